The van der Waals surface area contributed by atoms with Crippen molar-refractivity contribution in [1.29, 1.82) is 0 Å². The Morgan fingerprint density at radius 2 is 2.04 bits per heavy atom. The molecule has 0 spiro atoms. The lowest BCUT2D eigenvalue weighted by molar-refractivity contribution is 0.0697. The molecule has 0 aliphatic rings. The molecule has 0 saturated carbocycles. The minimum atomic E-state index is -0.985. The molecule has 3 N–H and O–H groups in total. The van der Waals surface area contributed by atoms with Crippen LogP contribution in [0.15, 0.2) is 36.4 Å². The van der Waals surface area contributed by atoms with Crippen LogP contribution < -0.4 is 4.74 Å². The number of carboxylic acid groups (broad SMARTS) is 1. The van der Waals surface area contributed by atoms with E-state index in [-0.39, 0.29) is 5.56 Å². The highest BCUT2D eigenvalue weighted by atomic mass is 16.5. The topological polar surface area (TPSA) is 113 Å². The summed E-state index contributed by atoms with van der Waals surface area (Å²) in [6, 6.07) is 10.4. The number of hydrogen-bond donors (Lipinski definition) is 3. The molecule has 0 bridgehead atoms. The van der Waals surface area contributed by atoms with Gasteiger partial charge in [0.25, 0.3) is 0 Å². The van der Waals surface area contributed by atoms with Crippen LogP contribution in [0.5, 0.6) is 5.75 Å². The van der Waals surface area contributed by atoms with Gasteiger partial charge >= 0.3 is 5.97 Å². The summed E-state index contributed by atoms with van der Waals surface area (Å²) in [6.07, 6.45) is 0. The van der Waals surface area contributed by atoms with Crippen LogP contribution in [0, 0.1) is 0 Å². The van der Waals surface area contributed by atoms with Crippen molar-refractivity contribution < 1.29 is 19.4 Å². The van der Waals surface area contributed by atoms with Crippen LogP contribution in [0.3, 0.4) is 0 Å². The molecular formula is C18H16N4O4. The molecule has 8 nitrogen and oxygen atoms in total. The molecule has 2 aromatic carbocycles. The van der Waals surface area contributed by atoms with E-state index in [0.717, 1.165) is 16.6 Å². The van der Waals surface area contributed by atoms with Crippen molar-refractivity contribution in [1.82, 2.24) is 20.2 Å². The number of aromatic carboxylic acids is 1. The van der Waals surface area contributed by atoms with Crippen molar-refractivity contribution in [3.63, 3.8) is 0 Å². The molecule has 0 fully saturated rings. The number of carbonyl (C=O) groups is 1. The molecule has 0 atom stereocenters. The predicted molar refractivity (Wildman–Crippen MR) is 95.5 cm³/mol. The Hall–Kier alpha value is -3.39. The lowest BCUT2D eigenvalue weighted by Crippen LogP contribution is -2.03. The predicted octanol–water partition coefficient (Wildman–Crippen LogP) is 2.83. The van der Waals surface area contributed by atoms with Gasteiger partial charge in [-0.05, 0) is 30.3 Å². The smallest absolute Gasteiger partial charge is 0.335 e. The van der Waals surface area contributed by atoms with Gasteiger partial charge in [0, 0.05) is 18.6 Å². The van der Waals surface area contributed by atoms with Crippen molar-refractivity contribution in [2.75, 3.05) is 20.3 Å². The zero-order valence-corrected chi connectivity index (χ0v) is 13.9. The molecule has 2 heterocycles. The van der Waals surface area contributed by atoms with Gasteiger partial charge in [0.05, 0.1) is 28.7 Å². The third-order valence-electron chi connectivity index (χ3n) is 4.04. The summed E-state index contributed by atoms with van der Waals surface area (Å²) in [4.78, 5) is 19.0. The van der Waals surface area contributed by atoms with Crippen molar-refractivity contribution in [3.05, 3.63) is 42.0 Å². The van der Waals surface area contributed by atoms with E-state index in [9.17, 15) is 9.90 Å². The maximum atomic E-state index is 11.2. The van der Waals surface area contributed by atoms with Gasteiger partial charge in [-0.25, -0.2) is 9.78 Å². The number of aromatic nitrogens is 4. The Morgan fingerprint density at radius 1 is 1.15 bits per heavy atom. The quantitative estimate of drug-likeness (QED) is 0.460. The lowest BCUT2D eigenvalue weighted by Gasteiger charge is -2.04. The number of nitrogens with one attached hydrogen (secondary N) is 2. The average Bonchev–Trinajstić information content (AvgIpc) is 3.24. The van der Waals surface area contributed by atoms with Crippen LogP contribution >= 0.6 is 0 Å². The van der Waals surface area contributed by atoms with Crippen molar-refractivity contribution in [2.24, 2.45) is 0 Å². The summed E-state index contributed by atoms with van der Waals surface area (Å²) in [5, 5.41) is 17.1. The lowest BCUT2D eigenvalue weighted by atomic mass is 10.1. The Labute approximate surface area is 147 Å². The first-order valence-corrected chi connectivity index (χ1v) is 7.99. The van der Waals surface area contributed by atoms with E-state index in [1.54, 1.807) is 19.2 Å². The maximum absolute atomic E-state index is 11.2. The van der Waals surface area contributed by atoms with E-state index < -0.39 is 5.97 Å². The monoisotopic (exact) mass is 352 g/mol. The molecule has 0 saturated heterocycles. The Balaban J connectivity index is 1.73. The SMILES string of the molecule is COCCOc1ccc2nc(-c3n[nH]c4ccc(C(=O)O)cc34)[nH]c2c1. The van der Waals surface area contributed by atoms with Gasteiger partial charge in [-0.15, -0.1) is 0 Å². The Bertz CT molecular complexity index is 1100. The van der Waals surface area contributed by atoms with Gasteiger partial charge in [-0.2, -0.15) is 5.10 Å². The van der Waals surface area contributed by atoms with E-state index in [4.69, 9.17) is 9.47 Å². The number of nitrogens with zero attached hydrogens (tertiary/aromatic N) is 2. The average molecular weight is 352 g/mol. The number of imidazole rings is 1. The third kappa shape index (κ3) is 2.86. The van der Waals surface area contributed by atoms with Gasteiger partial charge in [0.1, 0.15) is 18.1 Å². The van der Waals surface area contributed by atoms with E-state index in [0.29, 0.717) is 35.9 Å². The fraction of sp³-hybridized carbons (Fsp3) is 0.167. The molecule has 0 radical (unpaired) electrons. The summed E-state index contributed by atoms with van der Waals surface area (Å²) in [6.45, 7) is 0.975. The fourth-order valence-electron chi connectivity index (χ4n) is 2.76. The summed E-state index contributed by atoms with van der Waals surface area (Å²) in [7, 11) is 1.62. The second-order valence-electron chi connectivity index (χ2n) is 5.74. The second-order valence-corrected chi connectivity index (χ2v) is 5.74. The number of benzene rings is 2. The molecule has 0 aliphatic carbocycles. The largest absolute Gasteiger partial charge is 0.491 e. The molecule has 8 heteroatoms. The number of aromatic amines is 2. The minimum absolute atomic E-state index is 0.199. The molecule has 26 heavy (non-hydrogen) atoms. The first-order chi connectivity index (χ1) is 12.7. The zero-order chi connectivity index (χ0) is 18.1. The number of hydrogen-bond acceptors (Lipinski definition) is 5. The van der Waals surface area contributed by atoms with Crippen LogP contribution in [0.25, 0.3) is 33.5 Å². The molecular weight excluding hydrogens is 336 g/mol. The first-order valence-electron chi connectivity index (χ1n) is 7.99. The number of methoxy groups -OCH3 is 1. The van der Waals surface area contributed by atoms with E-state index in [1.165, 1.54) is 6.07 Å². The van der Waals surface area contributed by atoms with Gasteiger partial charge in [-0.1, -0.05) is 0 Å². The first kappa shape index (κ1) is 16.1. The number of fused-ring (bicyclic) bond motifs is 2. The third-order valence-corrected chi connectivity index (χ3v) is 4.04. The summed E-state index contributed by atoms with van der Waals surface area (Å²) in [5.74, 6) is 0.286. The summed E-state index contributed by atoms with van der Waals surface area (Å²) >= 11 is 0. The normalized spacial score (nSPS) is 11.3. The highest BCUT2D eigenvalue weighted by molar-refractivity contribution is 5.98. The van der Waals surface area contributed by atoms with Gasteiger partial charge < -0.3 is 19.6 Å². The molecule has 0 aliphatic heterocycles. The highest BCUT2D eigenvalue weighted by Crippen LogP contribution is 2.28. The Kier molecular flexibility index (Phi) is 4.02. The van der Waals surface area contributed by atoms with E-state index in [1.807, 2.05) is 18.2 Å². The van der Waals surface area contributed by atoms with Crippen LogP contribution in [-0.4, -0.2) is 51.6 Å². The van der Waals surface area contributed by atoms with E-state index in [2.05, 4.69) is 20.2 Å². The maximum Gasteiger partial charge on any atom is 0.335 e. The Morgan fingerprint density at radius 3 is 2.85 bits per heavy atom. The minimum Gasteiger partial charge on any atom is -0.491 e. The molecule has 0 unspecified atom stereocenters. The standard InChI is InChI=1S/C18H16N4O4/c1-25-6-7-26-11-3-5-14-15(9-11)20-17(19-14)16-12-8-10(18(23)24)2-4-13(12)21-22-16/h2-5,8-9H,6-7H2,1H3,(H,19,20)(H,21,22)(H,23,24). The number of ether oxygens (including phenoxy) is 2. The van der Waals surface area contributed by atoms with Crippen LogP contribution in [-0.2, 0) is 4.74 Å². The molecule has 2 aromatic heterocycles. The van der Waals surface area contributed by atoms with Gasteiger partial charge in [-0.3, -0.25) is 5.10 Å². The summed E-state index contributed by atoms with van der Waals surface area (Å²) < 4.78 is 10.6. The number of rotatable bonds is 6. The molecule has 4 aromatic rings. The van der Waals surface area contributed by atoms with Crippen molar-refractivity contribution in [2.45, 2.75) is 0 Å². The van der Waals surface area contributed by atoms with Gasteiger partial charge in [0.2, 0.25) is 0 Å². The zero-order valence-electron chi connectivity index (χ0n) is 13.9. The second kappa shape index (κ2) is 6.49. The van der Waals surface area contributed by atoms with Crippen molar-refractivity contribution >= 4 is 27.9 Å². The number of H-pyrrole nitrogens is 2. The van der Waals surface area contributed by atoms with E-state index >= 15 is 0 Å². The fourth-order valence-corrected chi connectivity index (χ4v) is 2.76. The molecule has 4 rings (SSSR count). The molecule has 0 amide bonds. The van der Waals surface area contributed by atoms with Crippen LogP contribution in [0.1, 0.15) is 10.4 Å². The van der Waals surface area contributed by atoms with Gasteiger partial charge in [0.15, 0.2) is 5.82 Å². The molecule has 132 valence electrons. The number of carboxylic acids is 1. The summed E-state index contributed by atoms with van der Waals surface area (Å²) in [5.41, 5.74) is 3.09. The highest BCUT2D eigenvalue weighted by Gasteiger charge is 2.15. The van der Waals surface area contributed by atoms with Crippen molar-refractivity contribution in [3.8, 4) is 17.3 Å². The van der Waals surface area contributed by atoms with Crippen LogP contribution in [0.4, 0.5) is 0 Å². The van der Waals surface area contributed by atoms with Crippen LogP contribution in [0.2, 0.25) is 0 Å².